The predicted molar refractivity (Wildman–Crippen MR) is 229 cm³/mol. The van der Waals surface area contributed by atoms with Gasteiger partial charge in [0.1, 0.15) is 32.1 Å². The van der Waals surface area contributed by atoms with Crippen molar-refractivity contribution in [3.63, 3.8) is 0 Å². The molecule has 2 bridgehead atoms. The summed E-state index contributed by atoms with van der Waals surface area (Å²) in [5.41, 5.74) is -1.38. The molecule has 1 aliphatic heterocycles. The van der Waals surface area contributed by atoms with Gasteiger partial charge in [0.2, 0.25) is 0 Å². The molecule has 10 heteroatoms. The van der Waals surface area contributed by atoms with Gasteiger partial charge in [-0.2, -0.15) is 0 Å². The number of hydrogen-bond acceptors (Lipinski definition) is 10. The van der Waals surface area contributed by atoms with Crippen LogP contribution in [0.1, 0.15) is 131 Å². The van der Waals surface area contributed by atoms with Crippen molar-refractivity contribution >= 4 is 52.0 Å². The van der Waals surface area contributed by atoms with Crippen molar-refractivity contribution in [2.24, 2.45) is 28.1 Å². The molecule has 3 aromatic rings. The van der Waals surface area contributed by atoms with E-state index in [1.807, 2.05) is 75.3 Å². The maximum absolute atomic E-state index is 15.7. The van der Waals surface area contributed by atoms with E-state index in [1.54, 1.807) is 35.0 Å². The van der Waals surface area contributed by atoms with Crippen LogP contribution in [0.2, 0.25) is 0 Å². The molecule has 6 rings (SSSR count). The molecule has 0 radical (unpaired) electrons. The van der Waals surface area contributed by atoms with Crippen LogP contribution < -0.4 is 9.47 Å². The number of thiophene rings is 2. The Morgan fingerprint density at radius 2 is 1.28 bits per heavy atom. The Morgan fingerprint density at radius 3 is 1.81 bits per heavy atom. The number of hydrogen-bond donors (Lipinski definition) is 0. The van der Waals surface area contributed by atoms with Gasteiger partial charge < -0.3 is 14.2 Å². The minimum absolute atomic E-state index is 0.0210. The monoisotopic (exact) mass is 822 g/mol. The molecule has 1 aromatic carbocycles. The highest BCUT2D eigenvalue weighted by molar-refractivity contribution is 7.12. The summed E-state index contributed by atoms with van der Waals surface area (Å²) >= 11 is 2.38. The van der Waals surface area contributed by atoms with Gasteiger partial charge in [-0.3, -0.25) is 14.4 Å². The van der Waals surface area contributed by atoms with Crippen LogP contribution in [0.3, 0.4) is 0 Å². The van der Waals surface area contributed by atoms with Crippen molar-refractivity contribution in [3.8, 4) is 11.5 Å². The number of fused-ring (bicyclic) bond motifs is 1. The summed E-state index contributed by atoms with van der Waals surface area (Å²) in [5.74, 6) is -3.02. The molecule has 2 fully saturated rings. The number of benzene rings is 1. The Bertz CT molecular complexity index is 2250. The number of rotatable bonds is 12. The van der Waals surface area contributed by atoms with Gasteiger partial charge in [-0.05, 0) is 140 Å². The molecule has 1 saturated heterocycles. The molecule has 1 spiro atoms. The highest BCUT2D eigenvalue weighted by Gasteiger charge is 2.74. The van der Waals surface area contributed by atoms with E-state index in [0.29, 0.717) is 35.4 Å². The van der Waals surface area contributed by atoms with E-state index in [0.717, 1.165) is 16.7 Å². The standard InChI is InChI=1S/C48H54O8S2/c1-28(2)15-18-32-26-47-27-33(19-16-29(3)4)46(9,10)56-41(47)38(40(50)48(44(47)53,45(32,7)8)22-21-30(5)6)39(49)31-17-20-34(54-42(51)36-13-11-23-57-36)35(25-31)55-43(52)37-14-12-24-58-37/h11-17,20-21,23-25,32-33H,18-19,22,26-27H2,1-10H3/t32-,33+,47+,48+/m1/s1. The Morgan fingerprint density at radius 1 is 0.741 bits per heavy atom. The van der Waals surface area contributed by atoms with Gasteiger partial charge in [0.05, 0.1) is 5.41 Å². The lowest BCUT2D eigenvalue weighted by molar-refractivity contribution is -0.188. The maximum Gasteiger partial charge on any atom is 0.353 e. The smallest absolute Gasteiger partial charge is 0.353 e. The number of ketones is 3. The van der Waals surface area contributed by atoms with Crippen LogP contribution in [0.25, 0.3) is 0 Å². The number of ether oxygens (including phenoxy) is 3. The van der Waals surface area contributed by atoms with Gasteiger partial charge in [-0.25, -0.2) is 9.59 Å². The second-order valence-electron chi connectivity index (χ2n) is 17.8. The Balaban J connectivity index is 1.58. The average Bonchev–Trinajstić information content (AvgIpc) is 3.89. The van der Waals surface area contributed by atoms with E-state index < -0.39 is 45.4 Å². The highest BCUT2D eigenvalue weighted by atomic mass is 32.1. The summed E-state index contributed by atoms with van der Waals surface area (Å²) in [5, 5.41) is 3.48. The fourth-order valence-corrected chi connectivity index (χ4v) is 10.2. The summed E-state index contributed by atoms with van der Waals surface area (Å²) in [4.78, 5) is 73.9. The first-order valence-electron chi connectivity index (χ1n) is 19.9. The molecular formula is C48H54O8S2. The quantitative estimate of drug-likeness (QED) is 0.0443. The van der Waals surface area contributed by atoms with Crippen LogP contribution in [-0.4, -0.2) is 34.9 Å². The predicted octanol–water partition coefficient (Wildman–Crippen LogP) is 11.7. The van der Waals surface area contributed by atoms with Gasteiger partial charge in [0.15, 0.2) is 28.8 Å². The van der Waals surface area contributed by atoms with E-state index in [4.69, 9.17) is 14.2 Å². The third-order valence-corrected chi connectivity index (χ3v) is 14.2. The van der Waals surface area contributed by atoms with Crippen molar-refractivity contribution in [3.05, 3.63) is 115 Å². The molecule has 2 aliphatic carbocycles. The molecule has 8 nitrogen and oxygen atoms in total. The fraction of sp³-hybridized carbons (Fsp3) is 0.438. The Labute approximate surface area is 350 Å². The van der Waals surface area contributed by atoms with E-state index in [2.05, 4.69) is 12.2 Å². The average molecular weight is 823 g/mol. The lowest BCUT2D eigenvalue weighted by Gasteiger charge is -2.64. The van der Waals surface area contributed by atoms with E-state index >= 15 is 14.4 Å². The van der Waals surface area contributed by atoms with Crippen LogP contribution in [0.15, 0.2) is 99.5 Å². The van der Waals surface area contributed by atoms with E-state index in [1.165, 1.54) is 40.9 Å². The third kappa shape index (κ3) is 7.65. The van der Waals surface area contributed by atoms with Gasteiger partial charge in [-0.1, -0.05) is 60.9 Å². The highest BCUT2D eigenvalue weighted by Crippen LogP contribution is 2.69. The van der Waals surface area contributed by atoms with Gasteiger partial charge in [0, 0.05) is 11.5 Å². The molecule has 0 unspecified atom stereocenters. The second kappa shape index (κ2) is 16.2. The minimum Gasteiger partial charge on any atom is -0.490 e. The van der Waals surface area contributed by atoms with Gasteiger partial charge >= 0.3 is 11.9 Å². The number of esters is 2. The normalized spacial score (nSPS) is 24.2. The largest absolute Gasteiger partial charge is 0.490 e. The lowest BCUT2D eigenvalue weighted by Crippen LogP contribution is -2.69. The summed E-state index contributed by atoms with van der Waals surface area (Å²) in [6, 6.07) is 10.8. The van der Waals surface area contributed by atoms with Crippen molar-refractivity contribution in [2.45, 2.75) is 107 Å². The molecule has 2 aromatic heterocycles. The fourth-order valence-electron chi connectivity index (χ4n) is 8.96. The lowest BCUT2D eigenvalue weighted by atomic mass is 9.39. The molecule has 58 heavy (non-hydrogen) atoms. The summed E-state index contributed by atoms with van der Waals surface area (Å²) < 4.78 is 18.5. The zero-order chi connectivity index (χ0) is 42.4. The number of Topliss-reactive ketones (excluding diaryl/α,β-unsaturated/α-hetero) is 3. The first-order valence-corrected chi connectivity index (χ1v) is 21.6. The first-order chi connectivity index (χ1) is 27.2. The molecule has 3 heterocycles. The molecule has 3 aliphatic rings. The number of carbonyl (C=O) groups excluding carboxylic acids is 5. The van der Waals surface area contributed by atoms with Crippen molar-refractivity contribution in [1.29, 1.82) is 0 Å². The van der Waals surface area contributed by atoms with E-state index in [9.17, 15) is 9.59 Å². The van der Waals surface area contributed by atoms with E-state index in [-0.39, 0.29) is 52.4 Å². The van der Waals surface area contributed by atoms with Crippen LogP contribution in [0, 0.1) is 28.1 Å². The Kier molecular flexibility index (Phi) is 12.0. The minimum atomic E-state index is -1.58. The summed E-state index contributed by atoms with van der Waals surface area (Å²) in [7, 11) is 0. The van der Waals surface area contributed by atoms with Gasteiger partial charge in [-0.15, -0.1) is 22.7 Å². The molecule has 4 atom stereocenters. The second-order valence-corrected chi connectivity index (χ2v) is 19.7. The van der Waals surface area contributed by atoms with Crippen molar-refractivity contribution in [1.82, 2.24) is 0 Å². The SMILES string of the molecule is CC(C)=CC[C@H]1C[C@@]23C[C@@H](CC=C(C)C)C(C)(C)[C@@](CC=C(C)C)(C(=O)C(C(=O)c4ccc(OC(=O)c5cccs5)c(OC(=O)c5cccs5)c4)=C2OC1(C)C)C3=O. The number of carbonyl (C=O) groups is 5. The molecular weight excluding hydrogens is 769 g/mol. The topological polar surface area (TPSA) is 113 Å². The van der Waals surface area contributed by atoms with Crippen LogP contribution in [0.5, 0.6) is 11.5 Å². The van der Waals surface area contributed by atoms with Crippen molar-refractivity contribution < 1.29 is 38.2 Å². The van der Waals surface area contributed by atoms with Gasteiger partial charge in [0.25, 0.3) is 0 Å². The zero-order valence-corrected chi connectivity index (χ0v) is 36.8. The zero-order valence-electron chi connectivity index (χ0n) is 35.2. The maximum atomic E-state index is 15.7. The Hall–Kier alpha value is -4.67. The molecule has 306 valence electrons. The molecule has 0 amide bonds. The molecule has 1 saturated carbocycles. The number of allylic oxidation sites excluding steroid dienone is 8. The summed E-state index contributed by atoms with van der Waals surface area (Å²) in [6.07, 6.45) is 8.61. The molecule has 0 N–H and O–H groups in total. The van der Waals surface area contributed by atoms with Crippen molar-refractivity contribution in [2.75, 3.05) is 0 Å². The van der Waals surface area contributed by atoms with Crippen LogP contribution in [0.4, 0.5) is 0 Å². The first kappa shape index (κ1) is 42.9. The third-order valence-electron chi connectivity index (χ3n) is 12.5. The van der Waals surface area contributed by atoms with Crippen LogP contribution >= 0.6 is 22.7 Å². The van der Waals surface area contributed by atoms with Crippen LogP contribution in [-0.2, 0) is 14.3 Å². The summed E-state index contributed by atoms with van der Waals surface area (Å²) in [6.45, 7) is 20.0.